The average Bonchev–Trinajstić information content (AvgIpc) is 2.77. The van der Waals surface area contributed by atoms with Crippen LogP contribution in [0.1, 0.15) is 39.7 Å². The lowest BCUT2D eigenvalue weighted by Gasteiger charge is -2.26. The highest BCUT2D eigenvalue weighted by Gasteiger charge is 2.42. The lowest BCUT2D eigenvalue weighted by Crippen LogP contribution is -2.24. The van der Waals surface area contributed by atoms with Crippen molar-refractivity contribution in [1.29, 1.82) is 0 Å². The first-order valence-electron chi connectivity index (χ1n) is 7.68. The molecule has 0 bridgehead atoms. The molecule has 0 N–H and O–H groups in total. The molecule has 0 fully saturated rings. The summed E-state index contributed by atoms with van der Waals surface area (Å²) in [5.74, 6) is 1.34. The summed E-state index contributed by atoms with van der Waals surface area (Å²) in [6.07, 6.45) is 0.889. The van der Waals surface area contributed by atoms with Crippen molar-refractivity contribution in [3.05, 3.63) is 47.9 Å². The average molecular weight is 336 g/mol. The second kappa shape index (κ2) is 7.43. The van der Waals surface area contributed by atoms with Crippen molar-refractivity contribution in [3.63, 3.8) is 0 Å². The van der Waals surface area contributed by atoms with Gasteiger partial charge in [0.2, 0.25) is 0 Å². The van der Waals surface area contributed by atoms with Crippen molar-refractivity contribution < 1.29 is 18.7 Å². The first-order valence-corrected chi connectivity index (χ1v) is 8.43. The Labute approximate surface area is 142 Å². The number of benzene rings is 1. The molecule has 1 atom stereocenters. The third kappa shape index (κ3) is 3.91. The molecule has 126 valence electrons. The fourth-order valence-corrected chi connectivity index (χ4v) is 2.94. The van der Waals surface area contributed by atoms with Gasteiger partial charge in [-0.3, -0.25) is 0 Å². The second-order valence-electron chi connectivity index (χ2n) is 5.82. The third-order valence-electron chi connectivity index (χ3n) is 3.73. The van der Waals surface area contributed by atoms with Crippen molar-refractivity contribution in [3.8, 4) is 0 Å². The van der Waals surface area contributed by atoms with Gasteiger partial charge in [0.1, 0.15) is 5.60 Å². The lowest BCUT2D eigenvalue weighted by molar-refractivity contribution is -0.160. The van der Waals surface area contributed by atoms with Crippen LogP contribution in [0.5, 0.6) is 0 Å². The minimum Gasteiger partial charge on any atom is -0.487 e. The number of hydrogen-bond acceptors (Lipinski definition) is 5. The van der Waals surface area contributed by atoms with Crippen LogP contribution in [0.2, 0.25) is 0 Å². The van der Waals surface area contributed by atoms with Crippen LogP contribution in [-0.2, 0) is 18.7 Å². The van der Waals surface area contributed by atoms with Crippen molar-refractivity contribution in [2.24, 2.45) is 0 Å². The van der Waals surface area contributed by atoms with Crippen molar-refractivity contribution in [2.45, 2.75) is 50.7 Å². The van der Waals surface area contributed by atoms with Gasteiger partial charge in [-0.15, -0.1) is 0 Å². The fourth-order valence-electron chi connectivity index (χ4n) is 2.55. The van der Waals surface area contributed by atoms with Crippen molar-refractivity contribution in [1.82, 2.24) is 0 Å². The molecule has 4 nitrogen and oxygen atoms in total. The van der Waals surface area contributed by atoms with E-state index in [4.69, 9.17) is 13.8 Å². The van der Waals surface area contributed by atoms with Gasteiger partial charge in [-0.05, 0) is 44.9 Å². The lowest BCUT2D eigenvalue weighted by atomic mass is 9.88. The summed E-state index contributed by atoms with van der Waals surface area (Å²) in [4.78, 5) is 5.56. The zero-order valence-electron chi connectivity index (χ0n) is 14.3. The maximum atomic E-state index is 6.03. The Morgan fingerprint density at radius 3 is 2.43 bits per heavy atom. The molecule has 1 heterocycles. The zero-order valence-corrected chi connectivity index (χ0v) is 15.2. The molecule has 5 heteroatoms. The summed E-state index contributed by atoms with van der Waals surface area (Å²) in [6.45, 7) is 12.2. The van der Waals surface area contributed by atoms with Crippen molar-refractivity contribution in [2.75, 3.05) is 7.11 Å². The molecule has 0 saturated heterocycles. The third-order valence-corrected chi connectivity index (χ3v) is 4.40. The topological polar surface area (TPSA) is 36.9 Å². The predicted octanol–water partition coefficient (Wildman–Crippen LogP) is 5.12. The minimum atomic E-state index is -0.432. The number of ether oxygens (including phenoxy) is 2. The van der Waals surface area contributed by atoms with E-state index in [-0.39, 0.29) is 6.10 Å². The van der Waals surface area contributed by atoms with E-state index in [1.807, 2.05) is 38.1 Å². The van der Waals surface area contributed by atoms with E-state index in [1.54, 1.807) is 0 Å². The summed E-state index contributed by atoms with van der Waals surface area (Å²) in [6, 6.07) is 8.04. The molecule has 1 aliphatic rings. The molecule has 0 spiro atoms. The van der Waals surface area contributed by atoms with Crippen LogP contribution in [0.3, 0.4) is 0 Å². The quantitative estimate of drug-likeness (QED) is 0.392. The molecule has 0 aliphatic carbocycles. The Bertz CT molecular complexity index is 592. The Morgan fingerprint density at radius 1 is 1.26 bits per heavy atom. The summed E-state index contributed by atoms with van der Waals surface area (Å²) in [5.41, 5.74) is 1.67. The Hall–Kier alpha value is -1.43. The Morgan fingerprint density at radius 2 is 1.91 bits per heavy atom. The standard InChI is InChI=1S/C18H24O4S/c1-7-18(5)16(17(13(4)21-18)20-12(2)3)14-8-10-15(11-9-14)23-22-19-6/h8-12H,4,7H2,1-3,5-6H3/t18-/m0/s1. The van der Waals surface area contributed by atoms with Gasteiger partial charge in [0.25, 0.3) is 0 Å². The summed E-state index contributed by atoms with van der Waals surface area (Å²) >= 11 is 1.17. The molecular weight excluding hydrogens is 312 g/mol. The predicted molar refractivity (Wildman–Crippen MR) is 92.5 cm³/mol. The Balaban J connectivity index is 2.41. The molecule has 1 aromatic rings. The first kappa shape index (κ1) is 17.9. The Kier molecular flexibility index (Phi) is 5.79. The fraction of sp³-hybridized carbons (Fsp3) is 0.444. The molecule has 0 saturated carbocycles. The maximum absolute atomic E-state index is 6.03. The highest BCUT2D eigenvalue weighted by molar-refractivity contribution is 7.94. The molecule has 0 amide bonds. The summed E-state index contributed by atoms with van der Waals surface area (Å²) in [5, 5.41) is 0. The van der Waals surface area contributed by atoms with Gasteiger partial charge in [0.15, 0.2) is 11.5 Å². The normalized spacial score (nSPS) is 21.0. The van der Waals surface area contributed by atoms with Crippen LogP contribution in [-0.4, -0.2) is 18.8 Å². The largest absolute Gasteiger partial charge is 0.487 e. The SMILES string of the molecule is C=C1O[C@@](C)(CC)C(c2ccc(SOOC)cc2)=C1OC(C)C. The van der Waals surface area contributed by atoms with E-state index in [0.29, 0.717) is 5.76 Å². The van der Waals surface area contributed by atoms with Crippen LogP contribution in [0.4, 0.5) is 0 Å². The molecule has 0 radical (unpaired) electrons. The highest BCUT2D eigenvalue weighted by atomic mass is 32.2. The smallest absolute Gasteiger partial charge is 0.168 e. The van der Waals surface area contributed by atoms with Gasteiger partial charge < -0.3 is 9.47 Å². The second-order valence-corrected chi connectivity index (χ2v) is 6.60. The first-order chi connectivity index (χ1) is 10.9. The van der Waals surface area contributed by atoms with Gasteiger partial charge in [0, 0.05) is 10.5 Å². The summed E-state index contributed by atoms with van der Waals surface area (Å²) < 4.78 is 16.9. The minimum absolute atomic E-state index is 0.0597. The van der Waals surface area contributed by atoms with Gasteiger partial charge in [-0.1, -0.05) is 25.6 Å². The monoisotopic (exact) mass is 336 g/mol. The van der Waals surface area contributed by atoms with Crippen molar-refractivity contribution >= 4 is 17.6 Å². The van der Waals surface area contributed by atoms with E-state index >= 15 is 0 Å². The van der Waals surface area contributed by atoms with Crippen LogP contribution in [0.15, 0.2) is 47.3 Å². The molecular formula is C18H24O4S. The number of hydrogen-bond donors (Lipinski definition) is 0. The van der Waals surface area contributed by atoms with E-state index in [1.165, 1.54) is 19.2 Å². The molecule has 0 unspecified atom stereocenters. The number of rotatable bonds is 7. The zero-order chi connectivity index (χ0) is 17.0. The molecule has 0 aromatic heterocycles. The summed E-state index contributed by atoms with van der Waals surface area (Å²) in [7, 11) is 1.48. The molecule has 2 rings (SSSR count). The van der Waals surface area contributed by atoms with E-state index < -0.39 is 5.60 Å². The van der Waals surface area contributed by atoms with Crippen LogP contribution < -0.4 is 0 Å². The van der Waals surface area contributed by atoms with E-state index in [9.17, 15) is 0 Å². The molecule has 1 aromatic carbocycles. The van der Waals surface area contributed by atoms with E-state index in [0.717, 1.165) is 28.2 Å². The maximum Gasteiger partial charge on any atom is 0.168 e. The van der Waals surface area contributed by atoms with Crippen LogP contribution in [0, 0.1) is 0 Å². The molecule has 23 heavy (non-hydrogen) atoms. The van der Waals surface area contributed by atoms with Gasteiger partial charge in [0.05, 0.1) is 25.3 Å². The molecule has 1 aliphatic heterocycles. The van der Waals surface area contributed by atoms with Crippen LogP contribution >= 0.6 is 12.0 Å². The highest BCUT2D eigenvalue weighted by Crippen LogP contribution is 2.46. The van der Waals surface area contributed by atoms with Crippen LogP contribution in [0.25, 0.3) is 5.57 Å². The van der Waals surface area contributed by atoms with Gasteiger partial charge >= 0.3 is 0 Å². The van der Waals surface area contributed by atoms with Gasteiger partial charge in [-0.25, -0.2) is 4.89 Å². The van der Waals surface area contributed by atoms with Gasteiger partial charge in [-0.2, -0.15) is 4.33 Å². The van der Waals surface area contributed by atoms with E-state index in [2.05, 4.69) is 25.3 Å².